The van der Waals surface area contributed by atoms with Gasteiger partial charge >= 0.3 is 0 Å². The third-order valence-electron chi connectivity index (χ3n) is 3.24. The molecule has 0 aliphatic rings. The first-order valence-electron chi connectivity index (χ1n) is 6.35. The molecule has 0 fully saturated rings. The van der Waals surface area contributed by atoms with Crippen LogP contribution in [0.1, 0.15) is 18.1 Å². The van der Waals surface area contributed by atoms with E-state index in [-0.39, 0.29) is 0 Å². The third-order valence-corrected chi connectivity index (χ3v) is 4.09. The molecule has 98 valence electrons. The summed E-state index contributed by atoms with van der Waals surface area (Å²) in [5, 5.41) is 2.16. The molecule has 0 bridgehead atoms. The van der Waals surface area contributed by atoms with Gasteiger partial charge in [0, 0.05) is 23.3 Å². The highest BCUT2D eigenvalue weighted by Crippen LogP contribution is 2.32. The van der Waals surface area contributed by atoms with Crippen molar-refractivity contribution in [2.45, 2.75) is 20.8 Å². The lowest BCUT2D eigenvalue weighted by Gasteiger charge is -2.12. The van der Waals surface area contributed by atoms with Crippen LogP contribution in [0.3, 0.4) is 0 Å². The highest BCUT2D eigenvalue weighted by molar-refractivity contribution is 7.15. The fourth-order valence-electron chi connectivity index (χ4n) is 2.30. The Morgan fingerprint density at radius 2 is 2.11 bits per heavy atom. The van der Waals surface area contributed by atoms with Crippen LogP contribution in [0.4, 0.5) is 0 Å². The number of hydrogen-bond acceptors (Lipinski definition) is 3. The van der Waals surface area contributed by atoms with Crippen LogP contribution in [0.15, 0.2) is 29.9 Å². The average molecular weight is 272 g/mol. The summed E-state index contributed by atoms with van der Waals surface area (Å²) in [7, 11) is 0. The van der Waals surface area contributed by atoms with Crippen molar-refractivity contribution in [3.8, 4) is 17.0 Å². The van der Waals surface area contributed by atoms with Gasteiger partial charge in [0.05, 0.1) is 12.3 Å². The van der Waals surface area contributed by atoms with Crippen molar-refractivity contribution in [2.75, 3.05) is 6.61 Å². The summed E-state index contributed by atoms with van der Waals surface area (Å²) in [6, 6.07) is 4.32. The summed E-state index contributed by atoms with van der Waals surface area (Å²) in [5.74, 6) is 0.973. The monoisotopic (exact) mass is 272 g/mol. The van der Waals surface area contributed by atoms with Crippen molar-refractivity contribution in [3.63, 3.8) is 0 Å². The van der Waals surface area contributed by atoms with Gasteiger partial charge in [0.15, 0.2) is 4.96 Å². The predicted octanol–water partition coefficient (Wildman–Crippen LogP) is 4.08. The fraction of sp³-hybridized carbons (Fsp3) is 0.267. The van der Waals surface area contributed by atoms with Crippen molar-refractivity contribution < 1.29 is 4.74 Å². The van der Waals surface area contributed by atoms with Crippen molar-refractivity contribution >= 4 is 16.3 Å². The van der Waals surface area contributed by atoms with E-state index in [0.29, 0.717) is 6.61 Å². The number of aromatic nitrogens is 2. The van der Waals surface area contributed by atoms with Crippen LogP contribution in [0.25, 0.3) is 16.2 Å². The molecule has 2 heterocycles. The second-order valence-corrected chi connectivity index (χ2v) is 5.40. The van der Waals surface area contributed by atoms with Gasteiger partial charge in [-0.1, -0.05) is 0 Å². The van der Waals surface area contributed by atoms with E-state index in [2.05, 4.69) is 40.7 Å². The molecule has 2 aromatic heterocycles. The minimum absolute atomic E-state index is 0.698. The Hall–Kier alpha value is -1.81. The number of benzene rings is 1. The van der Waals surface area contributed by atoms with E-state index in [4.69, 9.17) is 4.74 Å². The van der Waals surface area contributed by atoms with Crippen molar-refractivity contribution in [1.29, 1.82) is 0 Å². The van der Waals surface area contributed by atoms with E-state index >= 15 is 0 Å². The summed E-state index contributed by atoms with van der Waals surface area (Å²) >= 11 is 1.67. The van der Waals surface area contributed by atoms with Gasteiger partial charge < -0.3 is 4.74 Å². The molecule has 0 amide bonds. The SMILES string of the molecule is CCOc1cc(C)c(-c2csc3nccn23)cc1C. The molecule has 0 aliphatic carbocycles. The molecule has 3 rings (SSSR count). The van der Waals surface area contributed by atoms with Gasteiger partial charge in [-0.3, -0.25) is 4.40 Å². The molecular weight excluding hydrogens is 256 g/mol. The number of rotatable bonds is 3. The molecule has 3 nitrogen and oxygen atoms in total. The molecule has 0 saturated heterocycles. The lowest BCUT2D eigenvalue weighted by molar-refractivity contribution is 0.337. The van der Waals surface area contributed by atoms with E-state index in [1.54, 1.807) is 11.3 Å². The minimum atomic E-state index is 0.698. The maximum absolute atomic E-state index is 5.65. The lowest BCUT2D eigenvalue weighted by atomic mass is 10.0. The largest absolute Gasteiger partial charge is 0.494 e. The topological polar surface area (TPSA) is 26.5 Å². The van der Waals surface area contributed by atoms with Crippen LogP contribution in [0, 0.1) is 13.8 Å². The average Bonchev–Trinajstić information content (AvgIpc) is 2.96. The number of ether oxygens (including phenoxy) is 1. The van der Waals surface area contributed by atoms with Gasteiger partial charge in [-0.15, -0.1) is 11.3 Å². The highest BCUT2D eigenvalue weighted by atomic mass is 32.1. The molecule has 4 heteroatoms. The van der Waals surface area contributed by atoms with E-state index in [9.17, 15) is 0 Å². The maximum atomic E-state index is 5.65. The number of nitrogens with zero attached hydrogens (tertiary/aromatic N) is 2. The lowest BCUT2D eigenvalue weighted by Crippen LogP contribution is -1.96. The molecule has 0 radical (unpaired) electrons. The van der Waals surface area contributed by atoms with Crippen molar-refractivity contribution in [1.82, 2.24) is 9.38 Å². The van der Waals surface area contributed by atoms with Crippen LogP contribution in [0.5, 0.6) is 5.75 Å². The van der Waals surface area contributed by atoms with Crippen LogP contribution >= 0.6 is 11.3 Å². The van der Waals surface area contributed by atoms with Gasteiger partial charge in [-0.05, 0) is 44.0 Å². The Morgan fingerprint density at radius 1 is 1.26 bits per heavy atom. The summed E-state index contributed by atoms with van der Waals surface area (Å²) in [6.45, 7) is 6.92. The zero-order valence-electron chi connectivity index (χ0n) is 11.3. The molecule has 0 saturated carbocycles. The second-order valence-electron chi connectivity index (χ2n) is 4.57. The molecule has 0 N–H and O–H groups in total. The third kappa shape index (κ3) is 2.02. The van der Waals surface area contributed by atoms with Crippen LogP contribution in [0.2, 0.25) is 0 Å². The Kier molecular flexibility index (Phi) is 3.03. The first kappa shape index (κ1) is 12.2. The molecule has 1 aromatic carbocycles. The number of hydrogen-bond donors (Lipinski definition) is 0. The summed E-state index contributed by atoms with van der Waals surface area (Å²) in [4.78, 5) is 5.35. The van der Waals surface area contributed by atoms with E-state index < -0.39 is 0 Å². The highest BCUT2D eigenvalue weighted by Gasteiger charge is 2.11. The molecule has 3 aromatic rings. The standard InChI is InChI=1S/C15H16N2OS/c1-4-18-14-8-10(2)12(7-11(14)3)13-9-19-15-16-5-6-17(13)15/h5-9H,4H2,1-3H3. The molecule has 0 unspecified atom stereocenters. The van der Waals surface area contributed by atoms with Gasteiger partial charge in [-0.25, -0.2) is 4.98 Å². The first-order valence-corrected chi connectivity index (χ1v) is 7.23. The predicted molar refractivity (Wildman–Crippen MR) is 79.1 cm³/mol. The second kappa shape index (κ2) is 4.70. The summed E-state index contributed by atoms with van der Waals surface area (Å²) in [5.41, 5.74) is 4.83. The zero-order valence-corrected chi connectivity index (χ0v) is 12.1. The Balaban J connectivity index is 2.15. The quantitative estimate of drug-likeness (QED) is 0.718. The Labute approximate surface area is 116 Å². The van der Waals surface area contributed by atoms with E-state index in [1.807, 2.05) is 19.3 Å². The van der Waals surface area contributed by atoms with Gasteiger partial charge in [-0.2, -0.15) is 0 Å². The minimum Gasteiger partial charge on any atom is -0.494 e. The molecule has 0 spiro atoms. The van der Waals surface area contributed by atoms with Crippen molar-refractivity contribution in [3.05, 3.63) is 41.0 Å². The zero-order chi connectivity index (χ0) is 13.4. The molecular formula is C15H16N2OS. The normalized spacial score (nSPS) is 11.1. The smallest absolute Gasteiger partial charge is 0.194 e. The molecule has 0 aliphatic heterocycles. The van der Waals surface area contributed by atoms with Crippen LogP contribution < -0.4 is 4.74 Å². The van der Waals surface area contributed by atoms with Gasteiger partial charge in [0.25, 0.3) is 0 Å². The summed E-state index contributed by atoms with van der Waals surface area (Å²) < 4.78 is 7.78. The van der Waals surface area contributed by atoms with E-state index in [0.717, 1.165) is 10.7 Å². The maximum Gasteiger partial charge on any atom is 0.194 e. The number of imidazole rings is 1. The van der Waals surface area contributed by atoms with Gasteiger partial charge in [0.1, 0.15) is 5.75 Å². The van der Waals surface area contributed by atoms with E-state index in [1.165, 1.54) is 22.4 Å². The summed E-state index contributed by atoms with van der Waals surface area (Å²) in [6.07, 6.45) is 3.85. The molecule has 0 atom stereocenters. The molecule has 19 heavy (non-hydrogen) atoms. The Morgan fingerprint density at radius 3 is 2.89 bits per heavy atom. The van der Waals surface area contributed by atoms with Crippen LogP contribution in [-0.2, 0) is 0 Å². The fourth-order valence-corrected chi connectivity index (χ4v) is 3.15. The van der Waals surface area contributed by atoms with Crippen LogP contribution in [-0.4, -0.2) is 16.0 Å². The van der Waals surface area contributed by atoms with Crippen molar-refractivity contribution in [2.24, 2.45) is 0 Å². The number of fused-ring (bicyclic) bond motifs is 1. The number of aryl methyl sites for hydroxylation is 2. The number of thiazole rings is 1. The Bertz CT molecular complexity index is 727. The van der Waals surface area contributed by atoms with Gasteiger partial charge in [0.2, 0.25) is 0 Å². The first-order chi connectivity index (χ1) is 9.20.